The summed E-state index contributed by atoms with van der Waals surface area (Å²) in [5, 5.41) is 17.5. The first-order valence-corrected chi connectivity index (χ1v) is 8.37. The number of nitrogens with one attached hydrogen (secondary N) is 1. The van der Waals surface area contributed by atoms with Crippen LogP contribution in [0.4, 0.5) is 5.82 Å². The highest BCUT2D eigenvalue weighted by Crippen LogP contribution is 2.37. The van der Waals surface area contributed by atoms with Crippen LogP contribution >= 0.6 is 11.6 Å². The summed E-state index contributed by atoms with van der Waals surface area (Å²) in [4.78, 5) is 12.2. The van der Waals surface area contributed by atoms with Gasteiger partial charge in [-0.3, -0.25) is 4.79 Å². The van der Waals surface area contributed by atoms with Crippen LogP contribution in [0, 0.1) is 0 Å². The van der Waals surface area contributed by atoms with Crippen LogP contribution < -0.4 is 5.32 Å². The van der Waals surface area contributed by atoms with E-state index in [0.29, 0.717) is 23.8 Å². The van der Waals surface area contributed by atoms with Gasteiger partial charge in [-0.05, 0) is 29.3 Å². The maximum Gasteiger partial charge on any atom is 0.226 e. The minimum atomic E-state index is -0.0793. The molecule has 0 unspecified atom stereocenters. The number of phenolic OH excluding ortho intramolecular Hbond substituents is 1. The summed E-state index contributed by atoms with van der Waals surface area (Å²) in [6.07, 6.45) is 2.15. The lowest BCUT2D eigenvalue weighted by atomic mass is 9.87. The van der Waals surface area contributed by atoms with Crippen LogP contribution in [0.15, 0.2) is 54.7 Å². The third kappa shape index (κ3) is 2.98. The largest absolute Gasteiger partial charge is 0.508 e. The molecule has 1 amide bonds. The Morgan fingerprint density at radius 1 is 1.20 bits per heavy atom. The SMILES string of the molecule is O=C1C[C@@H](c2ccc(O)cc2)c2cnn(Cc3ccccc3Cl)c2N1. The van der Waals surface area contributed by atoms with Crippen molar-refractivity contribution in [2.75, 3.05) is 5.32 Å². The van der Waals surface area contributed by atoms with E-state index in [1.54, 1.807) is 23.0 Å². The lowest BCUT2D eigenvalue weighted by Crippen LogP contribution is -2.25. The molecule has 1 aliphatic rings. The predicted molar refractivity (Wildman–Crippen MR) is 96.0 cm³/mol. The zero-order valence-electron chi connectivity index (χ0n) is 13.3. The number of hydrogen-bond donors (Lipinski definition) is 2. The number of amides is 1. The second-order valence-corrected chi connectivity index (χ2v) is 6.50. The van der Waals surface area contributed by atoms with Gasteiger partial charge >= 0.3 is 0 Å². The predicted octanol–water partition coefficient (Wildman–Crippen LogP) is 3.76. The van der Waals surface area contributed by atoms with Crippen molar-refractivity contribution in [1.29, 1.82) is 0 Å². The van der Waals surface area contributed by atoms with Crippen molar-refractivity contribution >= 4 is 23.3 Å². The summed E-state index contributed by atoms with van der Waals surface area (Å²) >= 11 is 6.24. The lowest BCUT2D eigenvalue weighted by molar-refractivity contribution is -0.116. The molecule has 0 radical (unpaired) electrons. The van der Waals surface area contributed by atoms with Gasteiger partial charge in [-0.25, -0.2) is 4.68 Å². The second-order valence-electron chi connectivity index (χ2n) is 6.09. The molecule has 2 N–H and O–H groups in total. The number of carbonyl (C=O) groups excluding carboxylic acids is 1. The Hall–Kier alpha value is -2.79. The number of halogens is 1. The summed E-state index contributed by atoms with van der Waals surface area (Å²) in [6, 6.07) is 14.5. The third-order valence-corrected chi connectivity index (χ3v) is 4.83. The molecular weight excluding hydrogens is 338 g/mol. The van der Waals surface area contributed by atoms with E-state index >= 15 is 0 Å². The highest BCUT2D eigenvalue weighted by molar-refractivity contribution is 6.31. The van der Waals surface area contributed by atoms with E-state index in [1.807, 2.05) is 36.4 Å². The maximum absolute atomic E-state index is 12.2. The van der Waals surface area contributed by atoms with Crippen molar-refractivity contribution in [1.82, 2.24) is 9.78 Å². The van der Waals surface area contributed by atoms with E-state index in [-0.39, 0.29) is 17.6 Å². The van der Waals surface area contributed by atoms with Crippen LogP contribution in [0.5, 0.6) is 5.75 Å². The van der Waals surface area contributed by atoms with Crippen LogP contribution in [-0.2, 0) is 11.3 Å². The first-order valence-electron chi connectivity index (χ1n) is 7.99. The van der Waals surface area contributed by atoms with Gasteiger partial charge in [0.25, 0.3) is 0 Å². The molecule has 5 nitrogen and oxygen atoms in total. The average molecular weight is 354 g/mol. The average Bonchev–Trinajstić information content (AvgIpc) is 3.00. The second kappa shape index (κ2) is 6.26. The monoisotopic (exact) mass is 353 g/mol. The molecule has 0 aliphatic carbocycles. The summed E-state index contributed by atoms with van der Waals surface area (Å²) in [6.45, 7) is 0.484. The van der Waals surface area contributed by atoms with Crippen LogP contribution in [0.2, 0.25) is 5.02 Å². The van der Waals surface area contributed by atoms with Crippen molar-refractivity contribution in [2.45, 2.75) is 18.9 Å². The Morgan fingerprint density at radius 3 is 2.72 bits per heavy atom. The molecule has 0 spiro atoms. The van der Waals surface area contributed by atoms with Crippen molar-refractivity contribution in [3.05, 3.63) is 76.4 Å². The molecule has 3 aromatic rings. The molecule has 0 saturated carbocycles. The fourth-order valence-corrected chi connectivity index (χ4v) is 3.38. The molecule has 6 heteroatoms. The van der Waals surface area contributed by atoms with E-state index in [9.17, 15) is 9.90 Å². The highest BCUT2D eigenvalue weighted by Gasteiger charge is 2.30. The van der Waals surface area contributed by atoms with Gasteiger partial charge < -0.3 is 10.4 Å². The van der Waals surface area contributed by atoms with Gasteiger partial charge in [0.05, 0.1) is 12.7 Å². The number of nitrogens with zero attached hydrogens (tertiary/aromatic N) is 2. The highest BCUT2D eigenvalue weighted by atomic mass is 35.5. The first-order chi connectivity index (χ1) is 12.1. The molecule has 2 heterocycles. The van der Waals surface area contributed by atoms with Gasteiger partial charge in [0.2, 0.25) is 5.91 Å². The van der Waals surface area contributed by atoms with Crippen molar-refractivity contribution in [2.24, 2.45) is 0 Å². The number of benzene rings is 2. The topological polar surface area (TPSA) is 67.1 Å². The van der Waals surface area contributed by atoms with Crippen molar-refractivity contribution in [3.8, 4) is 5.75 Å². The van der Waals surface area contributed by atoms with Crippen LogP contribution in [0.3, 0.4) is 0 Å². The number of rotatable bonds is 3. The number of anilines is 1. The van der Waals surface area contributed by atoms with Gasteiger partial charge in [-0.2, -0.15) is 5.10 Å². The zero-order chi connectivity index (χ0) is 17.4. The Morgan fingerprint density at radius 2 is 1.96 bits per heavy atom. The fraction of sp³-hybridized carbons (Fsp3) is 0.158. The Bertz CT molecular complexity index is 934. The molecule has 1 aromatic heterocycles. The fourth-order valence-electron chi connectivity index (χ4n) is 3.18. The Labute approximate surface area is 149 Å². The molecule has 126 valence electrons. The third-order valence-electron chi connectivity index (χ3n) is 4.46. The van der Waals surface area contributed by atoms with E-state index in [2.05, 4.69) is 10.4 Å². The molecule has 0 fully saturated rings. The maximum atomic E-state index is 12.2. The summed E-state index contributed by atoms with van der Waals surface area (Å²) in [5.74, 6) is 0.781. The number of fused-ring (bicyclic) bond motifs is 1. The number of phenols is 1. The summed E-state index contributed by atoms with van der Waals surface area (Å²) in [5.41, 5.74) is 2.89. The molecule has 4 rings (SSSR count). The van der Waals surface area contributed by atoms with Crippen LogP contribution in [0.25, 0.3) is 0 Å². The van der Waals surface area contributed by atoms with Gasteiger partial charge in [-0.1, -0.05) is 41.9 Å². The van der Waals surface area contributed by atoms with Gasteiger partial charge in [0.1, 0.15) is 11.6 Å². The number of aromatic hydroxyl groups is 1. The minimum absolute atomic E-state index is 0.0496. The number of aromatic nitrogens is 2. The Kier molecular flexibility index (Phi) is 3.93. The lowest BCUT2D eigenvalue weighted by Gasteiger charge is -2.24. The van der Waals surface area contributed by atoms with Crippen molar-refractivity contribution < 1.29 is 9.90 Å². The van der Waals surface area contributed by atoms with Gasteiger partial charge in [0.15, 0.2) is 0 Å². The van der Waals surface area contributed by atoms with Gasteiger partial charge in [-0.15, -0.1) is 0 Å². The van der Waals surface area contributed by atoms with Crippen LogP contribution in [-0.4, -0.2) is 20.8 Å². The quantitative estimate of drug-likeness (QED) is 0.753. The van der Waals surface area contributed by atoms with E-state index in [4.69, 9.17) is 11.6 Å². The number of carbonyl (C=O) groups is 1. The normalized spacial score (nSPS) is 16.4. The summed E-state index contributed by atoms with van der Waals surface area (Å²) in [7, 11) is 0. The minimum Gasteiger partial charge on any atom is -0.508 e. The van der Waals surface area contributed by atoms with Crippen LogP contribution in [0.1, 0.15) is 29.0 Å². The molecule has 2 aromatic carbocycles. The van der Waals surface area contributed by atoms with Crippen molar-refractivity contribution in [3.63, 3.8) is 0 Å². The zero-order valence-corrected chi connectivity index (χ0v) is 14.1. The van der Waals surface area contributed by atoms with Gasteiger partial charge in [0, 0.05) is 22.9 Å². The smallest absolute Gasteiger partial charge is 0.226 e. The molecule has 25 heavy (non-hydrogen) atoms. The Balaban J connectivity index is 1.71. The number of hydrogen-bond acceptors (Lipinski definition) is 3. The van der Waals surface area contributed by atoms with E-state index in [0.717, 1.165) is 16.7 Å². The molecule has 0 saturated heterocycles. The molecule has 0 bridgehead atoms. The standard InChI is InChI=1S/C19H16ClN3O2/c20-17-4-2-1-3-13(17)11-23-19-16(10-21-23)15(9-18(25)22-19)12-5-7-14(24)8-6-12/h1-8,10,15,24H,9,11H2,(H,22,25)/t15-/m0/s1. The molecule has 1 aliphatic heterocycles. The molecule has 1 atom stereocenters. The first kappa shape index (κ1) is 15.7. The van der Waals surface area contributed by atoms with E-state index in [1.165, 1.54) is 0 Å². The van der Waals surface area contributed by atoms with E-state index < -0.39 is 0 Å². The summed E-state index contributed by atoms with van der Waals surface area (Å²) < 4.78 is 1.76. The molecular formula is C19H16ClN3O2.